The van der Waals surface area contributed by atoms with E-state index in [0.717, 1.165) is 13.1 Å². The molecule has 19 heavy (non-hydrogen) atoms. The highest BCUT2D eigenvalue weighted by Gasteiger charge is 2.23. The first-order chi connectivity index (χ1) is 9.22. The SMILES string of the molecule is Cn1nccc1C1CCCN(Cc2csc(Br)c2)C1. The molecule has 5 heteroatoms. The summed E-state index contributed by atoms with van der Waals surface area (Å²) in [6, 6.07) is 4.40. The third-order valence-corrected chi connectivity index (χ3v) is 5.36. The van der Waals surface area contributed by atoms with Gasteiger partial charge < -0.3 is 0 Å². The van der Waals surface area contributed by atoms with Crippen molar-refractivity contribution in [2.24, 2.45) is 7.05 Å². The van der Waals surface area contributed by atoms with Gasteiger partial charge in [0, 0.05) is 37.9 Å². The molecule has 1 unspecified atom stereocenters. The van der Waals surface area contributed by atoms with Crippen LogP contribution in [0.2, 0.25) is 0 Å². The highest BCUT2D eigenvalue weighted by atomic mass is 79.9. The number of halogens is 1. The first-order valence-electron chi connectivity index (χ1n) is 6.65. The van der Waals surface area contributed by atoms with Gasteiger partial charge in [0.2, 0.25) is 0 Å². The second kappa shape index (κ2) is 5.77. The van der Waals surface area contributed by atoms with Crippen LogP contribution in [0.25, 0.3) is 0 Å². The Balaban J connectivity index is 1.66. The zero-order valence-corrected chi connectivity index (χ0v) is 13.5. The fourth-order valence-electron chi connectivity index (χ4n) is 2.91. The predicted molar refractivity (Wildman–Crippen MR) is 82.5 cm³/mol. The number of likely N-dealkylation sites (tertiary alicyclic amines) is 1. The number of thiophene rings is 1. The van der Waals surface area contributed by atoms with Gasteiger partial charge >= 0.3 is 0 Å². The Morgan fingerprint density at radius 1 is 1.53 bits per heavy atom. The number of aromatic nitrogens is 2. The van der Waals surface area contributed by atoms with E-state index in [1.165, 1.54) is 34.4 Å². The van der Waals surface area contributed by atoms with Gasteiger partial charge in [-0.25, -0.2) is 0 Å². The van der Waals surface area contributed by atoms with E-state index in [1.54, 1.807) is 11.3 Å². The number of piperidine rings is 1. The Hall–Kier alpha value is -0.650. The first kappa shape index (κ1) is 13.3. The van der Waals surface area contributed by atoms with Crippen molar-refractivity contribution in [3.05, 3.63) is 38.8 Å². The summed E-state index contributed by atoms with van der Waals surface area (Å²) in [6.45, 7) is 3.42. The molecule has 0 N–H and O–H groups in total. The van der Waals surface area contributed by atoms with Crippen molar-refractivity contribution in [1.29, 1.82) is 0 Å². The molecule has 0 spiro atoms. The maximum absolute atomic E-state index is 4.30. The van der Waals surface area contributed by atoms with Gasteiger partial charge in [0.15, 0.2) is 0 Å². The Morgan fingerprint density at radius 3 is 3.11 bits per heavy atom. The van der Waals surface area contributed by atoms with Crippen LogP contribution in [0, 0.1) is 0 Å². The van der Waals surface area contributed by atoms with Crippen LogP contribution in [-0.4, -0.2) is 27.8 Å². The summed E-state index contributed by atoms with van der Waals surface area (Å²) >= 11 is 5.31. The molecule has 102 valence electrons. The molecule has 0 amide bonds. The lowest BCUT2D eigenvalue weighted by Crippen LogP contribution is -2.34. The van der Waals surface area contributed by atoms with E-state index in [4.69, 9.17) is 0 Å². The van der Waals surface area contributed by atoms with Gasteiger partial charge in [0.05, 0.1) is 3.79 Å². The van der Waals surface area contributed by atoms with E-state index >= 15 is 0 Å². The number of hydrogen-bond acceptors (Lipinski definition) is 3. The molecule has 0 aliphatic carbocycles. The third kappa shape index (κ3) is 3.09. The zero-order valence-electron chi connectivity index (χ0n) is 11.1. The van der Waals surface area contributed by atoms with E-state index in [9.17, 15) is 0 Å². The largest absolute Gasteiger partial charge is 0.298 e. The van der Waals surface area contributed by atoms with Crippen LogP contribution in [0.5, 0.6) is 0 Å². The first-order valence-corrected chi connectivity index (χ1v) is 8.33. The van der Waals surface area contributed by atoms with E-state index < -0.39 is 0 Å². The molecule has 3 nitrogen and oxygen atoms in total. The highest BCUT2D eigenvalue weighted by molar-refractivity contribution is 9.11. The topological polar surface area (TPSA) is 21.1 Å². The molecule has 2 aromatic heterocycles. The number of aryl methyl sites for hydroxylation is 1. The van der Waals surface area contributed by atoms with Crippen LogP contribution in [0.4, 0.5) is 0 Å². The maximum Gasteiger partial charge on any atom is 0.0701 e. The van der Waals surface area contributed by atoms with Crippen LogP contribution in [0.3, 0.4) is 0 Å². The summed E-state index contributed by atoms with van der Waals surface area (Å²) in [6.07, 6.45) is 4.47. The molecule has 0 bridgehead atoms. The molecule has 0 saturated carbocycles. The summed E-state index contributed by atoms with van der Waals surface area (Å²) in [4.78, 5) is 2.57. The maximum atomic E-state index is 4.30. The monoisotopic (exact) mass is 339 g/mol. The second-order valence-corrected chi connectivity index (χ2v) is 7.50. The minimum Gasteiger partial charge on any atom is -0.298 e. The van der Waals surface area contributed by atoms with Gasteiger partial charge in [-0.15, -0.1) is 11.3 Å². The predicted octanol–water partition coefficient (Wildman–Crippen LogP) is 3.62. The molecule has 2 aromatic rings. The van der Waals surface area contributed by atoms with Gasteiger partial charge in [0.1, 0.15) is 0 Å². The summed E-state index contributed by atoms with van der Waals surface area (Å²) in [5, 5.41) is 6.55. The van der Waals surface area contributed by atoms with Crippen molar-refractivity contribution in [1.82, 2.24) is 14.7 Å². The van der Waals surface area contributed by atoms with Gasteiger partial charge in [-0.05, 0) is 58.4 Å². The van der Waals surface area contributed by atoms with E-state index in [0.29, 0.717) is 5.92 Å². The molecule has 3 rings (SSSR count). The summed E-state index contributed by atoms with van der Waals surface area (Å²) in [5.74, 6) is 0.628. The van der Waals surface area contributed by atoms with Gasteiger partial charge in [-0.1, -0.05) is 0 Å². The second-order valence-electron chi connectivity index (χ2n) is 5.21. The average molecular weight is 340 g/mol. The van der Waals surface area contributed by atoms with Crippen molar-refractivity contribution < 1.29 is 0 Å². The fourth-order valence-corrected chi connectivity index (χ4v) is 4.11. The van der Waals surface area contributed by atoms with Crippen molar-refractivity contribution in [3.63, 3.8) is 0 Å². The molecular weight excluding hydrogens is 322 g/mol. The molecular formula is C14H18BrN3S. The van der Waals surface area contributed by atoms with Crippen LogP contribution >= 0.6 is 27.3 Å². The molecule has 1 atom stereocenters. The van der Waals surface area contributed by atoms with E-state index in [2.05, 4.69) is 43.4 Å². The van der Waals surface area contributed by atoms with Crippen molar-refractivity contribution in [2.45, 2.75) is 25.3 Å². The van der Waals surface area contributed by atoms with Crippen LogP contribution < -0.4 is 0 Å². The lowest BCUT2D eigenvalue weighted by molar-refractivity contribution is 0.197. The van der Waals surface area contributed by atoms with Crippen molar-refractivity contribution in [3.8, 4) is 0 Å². The molecule has 0 radical (unpaired) electrons. The molecule has 1 aliphatic heterocycles. The Morgan fingerprint density at radius 2 is 2.42 bits per heavy atom. The van der Waals surface area contributed by atoms with E-state index in [1.807, 2.05) is 17.9 Å². The Kier molecular flexibility index (Phi) is 4.05. The number of nitrogens with zero attached hydrogens (tertiary/aromatic N) is 3. The molecule has 1 fully saturated rings. The van der Waals surface area contributed by atoms with Crippen LogP contribution in [0.1, 0.15) is 30.0 Å². The summed E-state index contributed by atoms with van der Waals surface area (Å²) in [5.41, 5.74) is 2.79. The lowest BCUT2D eigenvalue weighted by atomic mass is 9.94. The lowest BCUT2D eigenvalue weighted by Gasteiger charge is -2.32. The zero-order chi connectivity index (χ0) is 13.2. The standard InChI is InChI=1S/C14H18BrN3S/c1-17-13(4-5-16-17)12-3-2-6-18(9-12)8-11-7-14(15)19-10-11/h4-5,7,10,12H,2-3,6,8-9H2,1H3. The fraction of sp³-hybridized carbons (Fsp3) is 0.500. The molecule has 0 aromatic carbocycles. The van der Waals surface area contributed by atoms with Crippen molar-refractivity contribution in [2.75, 3.05) is 13.1 Å². The summed E-state index contributed by atoms with van der Waals surface area (Å²) < 4.78 is 3.25. The van der Waals surface area contributed by atoms with Crippen LogP contribution in [-0.2, 0) is 13.6 Å². The Bertz CT molecular complexity index is 548. The molecule has 3 heterocycles. The highest BCUT2D eigenvalue weighted by Crippen LogP contribution is 2.28. The van der Waals surface area contributed by atoms with Crippen molar-refractivity contribution >= 4 is 27.3 Å². The van der Waals surface area contributed by atoms with E-state index in [-0.39, 0.29) is 0 Å². The van der Waals surface area contributed by atoms with Gasteiger partial charge in [-0.2, -0.15) is 5.10 Å². The molecule has 1 saturated heterocycles. The third-order valence-electron chi connectivity index (χ3n) is 3.81. The average Bonchev–Trinajstić information content (AvgIpc) is 2.99. The minimum absolute atomic E-state index is 0.628. The smallest absolute Gasteiger partial charge is 0.0701 e. The quantitative estimate of drug-likeness (QED) is 0.851. The van der Waals surface area contributed by atoms with Gasteiger partial charge in [0.25, 0.3) is 0 Å². The number of hydrogen-bond donors (Lipinski definition) is 0. The number of rotatable bonds is 3. The van der Waals surface area contributed by atoms with Crippen LogP contribution in [0.15, 0.2) is 27.5 Å². The van der Waals surface area contributed by atoms with Gasteiger partial charge in [-0.3, -0.25) is 9.58 Å². The Labute approximate surface area is 126 Å². The summed E-state index contributed by atoms with van der Waals surface area (Å²) in [7, 11) is 2.05. The minimum atomic E-state index is 0.628. The normalized spacial score (nSPS) is 20.8. The molecule has 1 aliphatic rings.